The van der Waals surface area contributed by atoms with Crippen molar-refractivity contribution < 1.29 is 19.5 Å². The Morgan fingerprint density at radius 3 is 2.54 bits per heavy atom. The standard InChI is InChI=1S/C30H36BrN3O4S/c1-16(2)22(15-35)34-26(28(37)33-21-12-17(3)10-11-18(21)4)30-13-20(31)25(39-30)23(24(30)29(34)38)27(36)32-14-19-8-6-5-7-9-19/h5-12,16,20,22-26,35H,13-15H2,1-4H3,(H,32,36)(H,33,37)/t20?,22-,23-,24-,25-,26?,30?/m0/s1. The topological polar surface area (TPSA) is 98.7 Å². The summed E-state index contributed by atoms with van der Waals surface area (Å²) in [7, 11) is 0. The van der Waals surface area contributed by atoms with Crippen LogP contribution in [0.4, 0.5) is 5.69 Å². The van der Waals surface area contributed by atoms with E-state index in [-0.39, 0.29) is 40.3 Å². The summed E-state index contributed by atoms with van der Waals surface area (Å²) in [6, 6.07) is 14.2. The Hall–Kier alpha value is -2.36. The Labute approximate surface area is 242 Å². The van der Waals surface area contributed by atoms with Gasteiger partial charge in [0.15, 0.2) is 0 Å². The number of carbonyl (C=O) groups is 3. The summed E-state index contributed by atoms with van der Waals surface area (Å²) in [5.74, 6) is -1.93. The molecule has 3 aliphatic heterocycles. The van der Waals surface area contributed by atoms with Crippen LogP contribution in [0.3, 0.4) is 0 Å². The molecule has 3 fully saturated rings. The minimum absolute atomic E-state index is 0.0124. The van der Waals surface area contributed by atoms with Crippen LogP contribution in [-0.2, 0) is 20.9 Å². The van der Waals surface area contributed by atoms with Crippen molar-refractivity contribution >= 4 is 51.1 Å². The maximum absolute atomic E-state index is 14.3. The monoisotopic (exact) mass is 613 g/mol. The van der Waals surface area contributed by atoms with E-state index in [9.17, 15) is 19.5 Å². The molecule has 7 atom stereocenters. The maximum atomic E-state index is 14.3. The van der Waals surface area contributed by atoms with Gasteiger partial charge in [-0.25, -0.2) is 0 Å². The van der Waals surface area contributed by atoms with Crippen molar-refractivity contribution in [2.75, 3.05) is 11.9 Å². The lowest BCUT2D eigenvalue weighted by atomic mass is 9.70. The van der Waals surface area contributed by atoms with Crippen LogP contribution in [0.15, 0.2) is 48.5 Å². The number of nitrogens with zero attached hydrogens (tertiary/aromatic N) is 1. The molecule has 0 aromatic heterocycles. The second-order valence-electron chi connectivity index (χ2n) is 11.4. The number of hydrogen-bond acceptors (Lipinski definition) is 5. The number of fused-ring (bicyclic) bond motifs is 1. The highest BCUT2D eigenvalue weighted by Gasteiger charge is 2.76. The van der Waals surface area contributed by atoms with E-state index < -0.39 is 28.7 Å². The number of aliphatic hydroxyl groups excluding tert-OH is 1. The van der Waals surface area contributed by atoms with E-state index in [0.29, 0.717) is 18.7 Å². The van der Waals surface area contributed by atoms with Gasteiger partial charge in [-0.05, 0) is 48.9 Å². The molecule has 2 bridgehead atoms. The molecule has 2 aromatic rings. The van der Waals surface area contributed by atoms with Crippen LogP contribution < -0.4 is 10.6 Å². The number of carbonyl (C=O) groups excluding carboxylic acids is 3. The van der Waals surface area contributed by atoms with Crippen molar-refractivity contribution in [1.29, 1.82) is 0 Å². The van der Waals surface area contributed by atoms with Crippen molar-refractivity contribution in [3.63, 3.8) is 0 Å². The predicted octanol–water partition coefficient (Wildman–Crippen LogP) is 4.04. The largest absolute Gasteiger partial charge is 0.394 e. The zero-order valence-electron chi connectivity index (χ0n) is 22.7. The van der Waals surface area contributed by atoms with Crippen molar-refractivity contribution in [1.82, 2.24) is 10.2 Å². The van der Waals surface area contributed by atoms with Gasteiger partial charge < -0.3 is 20.6 Å². The molecule has 208 valence electrons. The molecule has 7 nitrogen and oxygen atoms in total. The number of aryl methyl sites for hydroxylation is 2. The summed E-state index contributed by atoms with van der Waals surface area (Å²) in [5, 5.41) is 16.4. The number of nitrogens with one attached hydrogen (secondary N) is 2. The summed E-state index contributed by atoms with van der Waals surface area (Å²) in [4.78, 5) is 43.8. The lowest BCUT2D eigenvalue weighted by Crippen LogP contribution is -2.56. The molecule has 5 rings (SSSR count). The summed E-state index contributed by atoms with van der Waals surface area (Å²) in [6.45, 7) is 7.92. The van der Waals surface area contributed by atoms with Crippen LogP contribution >= 0.6 is 27.7 Å². The normalized spacial score (nSPS) is 30.0. The number of halogens is 1. The second-order valence-corrected chi connectivity index (χ2v) is 14.1. The van der Waals surface area contributed by atoms with Crippen molar-refractivity contribution in [3.05, 3.63) is 65.2 Å². The quantitative estimate of drug-likeness (QED) is 0.390. The summed E-state index contributed by atoms with van der Waals surface area (Å²) in [6.07, 6.45) is 0.596. The lowest BCUT2D eigenvalue weighted by molar-refractivity contribution is -0.143. The molecule has 0 radical (unpaired) electrons. The number of amides is 3. The molecule has 39 heavy (non-hydrogen) atoms. The molecule has 2 aromatic carbocycles. The number of thioether (sulfide) groups is 1. The molecule has 3 unspecified atom stereocenters. The van der Waals surface area contributed by atoms with Gasteiger partial charge in [0.25, 0.3) is 0 Å². The first-order chi connectivity index (χ1) is 18.6. The molecule has 3 saturated heterocycles. The van der Waals surface area contributed by atoms with E-state index in [4.69, 9.17) is 0 Å². The first-order valence-electron chi connectivity index (χ1n) is 13.5. The van der Waals surface area contributed by atoms with E-state index in [1.807, 2.05) is 76.2 Å². The third-order valence-electron chi connectivity index (χ3n) is 8.55. The van der Waals surface area contributed by atoms with Crippen molar-refractivity contribution in [2.45, 2.75) is 67.6 Å². The first kappa shape index (κ1) is 28.2. The number of rotatable bonds is 8. The smallest absolute Gasteiger partial charge is 0.248 e. The maximum Gasteiger partial charge on any atom is 0.248 e. The van der Waals surface area contributed by atoms with Crippen LogP contribution in [0.5, 0.6) is 0 Å². The average molecular weight is 615 g/mol. The van der Waals surface area contributed by atoms with Gasteiger partial charge in [-0.1, -0.05) is 72.2 Å². The Balaban J connectivity index is 1.51. The van der Waals surface area contributed by atoms with Gasteiger partial charge in [-0.2, -0.15) is 0 Å². The van der Waals surface area contributed by atoms with Crippen molar-refractivity contribution in [2.24, 2.45) is 17.8 Å². The number of likely N-dealkylation sites (tertiary alicyclic amines) is 1. The van der Waals surface area contributed by atoms with Gasteiger partial charge in [-0.15, -0.1) is 11.8 Å². The van der Waals surface area contributed by atoms with Crippen LogP contribution in [0.25, 0.3) is 0 Å². The van der Waals surface area contributed by atoms with E-state index in [2.05, 4.69) is 26.6 Å². The lowest BCUT2D eigenvalue weighted by Gasteiger charge is -2.38. The molecule has 1 spiro atoms. The van der Waals surface area contributed by atoms with Crippen LogP contribution in [0.2, 0.25) is 0 Å². The third-order valence-corrected chi connectivity index (χ3v) is 11.8. The highest BCUT2D eigenvalue weighted by Crippen LogP contribution is 2.68. The molecule has 3 heterocycles. The van der Waals surface area contributed by atoms with Gasteiger partial charge in [-0.3, -0.25) is 14.4 Å². The molecule has 0 aliphatic carbocycles. The van der Waals surface area contributed by atoms with E-state index in [1.165, 1.54) is 0 Å². The first-order valence-corrected chi connectivity index (χ1v) is 15.3. The molecule has 3 aliphatic rings. The highest BCUT2D eigenvalue weighted by atomic mass is 79.9. The summed E-state index contributed by atoms with van der Waals surface area (Å²) in [5.41, 5.74) is 3.65. The predicted molar refractivity (Wildman–Crippen MR) is 158 cm³/mol. The van der Waals surface area contributed by atoms with Gasteiger partial charge in [0, 0.05) is 22.3 Å². The van der Waals surface area contributed by atoms with Crippen LogP contribution in [0.1, 0.15) is 37.0 Å². The fraction of sp³-hybridized carbons (Fsp3) is 0.500. The minimum atomic E-state index is -0.809. The van der Waals surface area contributed by atoms with Crippen molar-refractivity contribution in [3.8, 4) is 0 Å². The van der Waals surface area contributed by atoms with Gasteiger partial charge in [0.1, 0.15) is 6.04 Å². The van der Waals surface area contributed by atoms with E-state index >= 15 is 0 Å². The molecular weight excluding hydrogens is 578 g/mol. The zero-order chi connectivity index (χ0) is 28.1. The highest BCUT2D eigenvalue weighted by molar-refractivity contribution is 9.09. The molecule has 0 saturated carbocycles. The Kier molecular flexibility index (Phi) is 7.87. The number of hydrogen-bond donors (Lipinski definition) is 3. The molecule has 3 amide bonds. The zero-order valence-corrected chi connectivity index (χ0v) is 25.1. The average Bonchev–Trinajstić information content (AvgIpc) is 3.49. The molecule has 3 N–H and O–H groups in total. The number of anilines is 1. The SMILES string of the molecule is Cc1ccc(C)c(NC(=O)C2N([C@@H](CO)C(C)C)C(=O)[C@@H]3[C@H](C(=O)NCc4ccccc4)[C@H]4SC23CC4Br)c1. The number of aliphatic hydroxyl groups is 1. The fourth-order valence-corrected chi connectivity index (χ4v) is 10.2. The van der Waals surface area contributed by atoms with Crippen LogP contribution in [-0.4, -0.2) is 61.2 Å². The Morgan fingerprint density at radius 2 is 1.87 bits per heavy atom. The van der Waals surface area contributed by atoms with Crippen LogP contribution in [0, 0.1) is 31.6 Å². The van der Waals surface area contributed by atoms with Gasteiger partial charge in [0.05, 0.1) is 29.2 Å². The van der Waals surface area contributed by atoms with E-state index in [1.54, 1.807) is 16.7 Å². The number of benzene rings is 2. The summed E-state index contributed by atoms with van der Waals surface area (Å²) >= 11 is 5.41. The fourth-order valence-electron chi connectivity index (χ4n) is 6.62. The summed E-state index contributed by atoms with van der Waals surface area (Å²) < 4.78 is -0.769. The molecule has 9 heteroatoms. The number of alkyl halides is 1. The minimum Gasteiger partial charge on any atom is -0.394 e. The third kappa shape index (κ3) is 4.80. The Morgan fingerprint density at radius 1 is 1.15 bits per heavy atom. The van der Waals surface area contributed by atoms with Gasteiger partial charge >= 0.3 is 0 Å². The van der Waals surface area contributed by atoms with Gasteiger partial charge in [0.2, 0.25) is 17.7 Å². The van der Waals surface area contributed by atoms with E-state index in [0.717, 1.165) is 16.7 Å². The second kappa shape index (κ2) is 10.9. The molecular formula is C30H36BrN3O4S. The Bertz CT molecular complexity index is 1270.